The van der Waals surface area contributed by atoms with Gasteiger partial charge in [-0.3, -0.25) is 9.36 Å². The summed E-state index contributed by atoms with van der Waals surface area (Å²) in [7, 11) is 1.67. The molecule has 0 aliphatic carbocycles. The first kappa shape index (κ1) is 18.9. The Morgan fingerprint density at radius 2 is 2.04 bits per heavy atom. The van der Waals surface area contributed by atoms with E-state index in [2.05, 4.69) is 15.3 Å². The SMILES string of the molecule is CCOC(=O)N1CCC(Nc2ncc3cc(OCC)c(=O)n(C)c3n2)CC1. The molecule has 0 saturated carbocycles. The lowest BCUT2D eigenvalue weighted by Gasteiger charge is -2.31. The Balaban J connectivity index is 1.71. The van der Waals surface area contributed by atoms with Crippen molar-refractivity contribution in [2.24, 2.45) is 7.05 Å². The van der Waals surface area contributed by atoms with E-state index in [9.17, 15) is 9.59 Å². The van der Waals surface area contributed by atoms with Gasteiger partial charge in [0.25, 0.3) is 5.56 Å². The highest BCUT2D eigenvalue weighted by Gasteiger charge is 2.24. The second-order valence-electron chi connectivity index (χ2n) is 6.38. The lowest BCUT2D eigenvalue weighted by molar-refractivity contribution is 0.0983. The van der Waals surface area contributed by atoms with E-state index in [4.69, 9.17) is 9.47 Å². The fourth-order valence-corrected chi connectivity index (χ4v) is 3.15. The summed E-state index contributed by atoms with van der Waals surface area (Å²) < 4.78 is 11.9. The number of amides is 1. The van der Waals surface area contributed by atoms with E-state index < -0.39 is 0 Å². The first-order chi connectivity index (χ1) is 13.0. The van der Waals surface area contributed by atoms with Gasteiger partial charge in [-0.2, -0.15) is 4.98 Å². The number of anilines is 1. The number of carbonyl (C=O) groups is 1. The van der Waals surface area contributed by atoms with Crippen LogP contribution in [0.25, 0.3) is 11.0 Å². The van der Waals surface area contributed by atoms with Crippen LogP contribution in [0.15, 0.2) is 17.1 Å². The zero-order valence-corrected chi connectivity index (χ0v) is 15.9. The predicted molar refractivity (Wildman–Crippen MR) is 101 cm³/mol. The van der Waals surface area contributed by atoms with Gasteiger partial charge in [0.05, 0.1) is 13.2 Å². The average Bonchev–Trinajstić information content (AvgIpc) is 2.67. The predicted octanol–water partition coefficient (Wildman–Crippen LogP) is 1.76. The van der Waals surface area contributed by atoms with Gasteiger partial charge in [0.1, 0.15) is 5.65 Å². The number of aryl methyl sites for hydroxylation is 1. The monoisotopic (exact) mass is 375 g/mol. The van der Waals surface area contributed by atoms with Crippen LogP contribution >= 0.6 is 0 Å². The molecule has 0 bridgehead atoms. The van der Waals surface area contributed by atoms with Gasteiger partial charge in [0.15, 0.2) is 5.75 Å². The Morgan fingerprint density at radius 1 is 1.30 bits per heavy atom. The minimum Gasteiger partial charge on any atom is -0.488 e. The van der Waals surface area contributed by atoms with Crippen molar-refractivity contribution in [3.63, 3.8) is 0 Å². The second kappa shape index (κ2) is 8.24. The van der Waals surface area contributed by atoms with E-state index in [1.165, 1.54) is 4.57 Å². The van der Waals surface area contributed by atoms with Crippen LogP contribution in [0, 0.1) is 0 Å². The maximum absolute atomic E-state index is 12.3. The van der Waals surface area contributed by atoms with Crippen molar-refractivity contribution in [2.75, 3.05) is 31.6 Å². The van der Waals surface area contributed by atoms with Crippen molar-refractivity contribution in [3.05, 3.63) is 22.6 Å². The number of rotatable bonds is 5. The van der Waals surface area contributed by atoms with E-state index in [-0.39, 0.29) is 17.7 Å². The normalized spacial score (nSPS) is 15.0. The quantitative estimate of drug-likeness (QED) is 0.850. The third kappa shape index (κ3) is 4.12. The lowest BCUT2D eigenvalue weighted by atomic mass is 10.1. The van der Waals surface area contributed by atoms with Crippen LogP contribution < -0.4 is 15.6 Å². The molecule has 9 heteroatoms. The van der Waals surface area contributed by atoms with Crippen molar-refractivity contribution < 1.29 is 14.3 Å². The number of pyridine rings is 1. The topological polar surface area (TPSA) is 98.6 Å². The Bertz CT molecular complexity index is 874. The molecule has 1 N–H and O–H groups in total. The van der Waals surface area contributed by atoms with Gasteiger partial charge in [-0.15, -0.1) is 0 Å². The van der Waals surface area contributed by atoms with Crippen LogP contribution in [0.5, 0.6) is 5.75 Å². The summed E-state index contributed by atoms with van der Waals surface area (Å²) in [4.78, 5) is 34.7. The van der Waals surface area contributed by atoms with Gasteiger partial charge in [0, 0.05) is 37.8 Å². The summed E-state index contributed by atoms with van der Waals surface area (Å²) in [5, 5.41) is 4.04. The zero-order valence-electron chi connectivity index (χ0n) is 15.9. The molecule has 1 fully saturated rings. The molecule has 0 aromatic carbocycles. The minimum absolute atomic E-state index is 0.160. The highest BCUT2D eigenvalue weighted by Crippen LogP contribution is 2.18. The van der Waals surface area contributed by atoms with Crippen LogP contribution in [-0.4, -0.2) is 57.9 Å². The number of likely N-dealkylation sites (tertiary alicyclic amines) is 1. The largest absolute Gasteiger partial charge is 0.488 e. The van der Waals surface area contributed by atoms with Crippen molar-refractivity contribution in [3.8, 4) is 5.75 Å². The number of ether oxygens (including phenoxy) is 2. The minimum atomic E-state index is -0.266. The van der Waals surface area contributed by atoms with Crippen molar-refractivity contribution >= 4 is 23.1 Å². The molecule has 146 valence electrons. The molecule has 0 radical (unpaired) electrons. The van der Waals surface area contributed by atoms with Crippen LogP contribution in [0.4, 0.5) is 10.7 Å². The highest BCUT2D eigenvalue weighted by molar-refractivity contribution is 5.76. The number of hydrogen-bond donors (Lipinski definition) is 1. The lowest BCUT2D eigenvalue weighted by Crippen LogP contribution is -2.42. The molecule has 27 heavy (non-hydrogen) atoms. The zero-order chi connectivity index (χ0) is 19.4. The van der Waals surface area contributed by atoms with Crippen molar-refractivity contribution in [1.82, 2.24) is 19.4 Å². The third-order valence-corrected chi connectivity index (χ3v) is 4.57. The molecule has 2 aromatic heterocycles. The summed E-state index contributed by atoms with van der Waals surface area (Å²) in [5.41, 5.74) is 0.321. The Morgan fingerprint density at radius 3 is 2.70 bits per heavy atom. The number of nitrogens with zero attached hydrogens (tertiary/aromatic N) is 4. The summed E-state index contributed by atoms with van der Waals surface area (Å²) >= 11 is 0. The molecule has 9 nitrogen and oxygen atoms in total. The molecule has 0 spiro atoms. The smallest absolute Gasteiger partial charge is 0.409 e. The molecule has 2 aromatic rings. The van der Waals surface area contributed by atoms with Gasteiger partial charge in [-0.1, -0.05) is 0 Å². The standard InChI is InChI=1S/C18H25N5O4/c1-4-26-14-10-12-11-19-17(21-15(12)22(3)16(14)24)20-13-6-8-23(9-7-13)18(25)27-5-2/h10-11,13H,4-9H2,1-3H3,(H,19,20,21). The van der Waals surface area contributed by atoms with E-state index in [1.807, 2.05) is 6.92 Å². The maximum Gasteiger partial charge on any atom is 0.409 e. The summed E-state index contributed by atoms with van der Waals surface area (Å²) in [6.07, 6.45) is 2.98. The Kier molecular flexibility index (Phi) is 5.78. The Labute approximate surface area is 157 Å². The first-order valence-corrected chi connectivity index (χ1v) is 9.21. The van der Waals surface area contributed by atoms with Gasteiger partial charge >= 0.3 is 6.09 Å². The average molecular weight is 375 g/mol. The highest BCUT2D eigenvalue weighted by atomic mass is 16.6. The fourth-order valence-electron chi connectivity index (χ4n) is 3.15. The second-order valence-corrected chi connectivity index (χ2v) is 6.38. The van der Waals surface area contributed by atoms with Crippen LogP contribution in [0.3, 0.4) is 0 Å². The molecule has 3 heterocycles. The molecule has 1 amide bonds. The molecular weight excluding hydrogens is 350 g/mol. The molecular formula is C18H25N5O4. The fraction of sp³-hybridized carbons (Fsp3) is 0.556. The van der Waals surface area contributed by atoms with Gasteiger partial charge < -0.3 is 19.7 Å². The van der Waals surface area contributed by atoms with Crippen LogP contribution in [0.1, 0.15) is 26.7 Å². The molecule has 0 unspecified atom stereocenters. The first-order valence-electron chi connectivity index (χ1n) is 9.21. The molecule has 0 atom stereocenters. The number of hydrogen-bond acceptors (Lipinski definition) is 7. The van der Waals surface area contributed by atoms with Gasteiger partial charge in [-0.25, -0.2) is 9.78 Å². The Hall–Kier alpha value is -2.84. The third-order valence-electron chi connectivity index (χ3n) is 4.57. The van der Waals surface area contributed by atoms with Crippen LogP contribution in [0.2, 0.25) is 0 Å². The van der Waals surface area contributed by atoms with E-state index >= 15 is 0 Å². The van der Waals surface area contributed by atoms with Gasteiger partial charge in [-0.05, 0) is 32.8 Å². The molecule has 1 aliphatic rings. The van der Waals surface area contributed by atoms with Crippen LogP contribution in [-0.2, 0) is 11.8 Å². The van der Waals surface area contributed by atoms with Crippen molar-refractivity contribution in [2.45, 2.75) is 32.7 Å². The van der Waals surface area contributed by atoms with Gasteiger partial charge in [0.2, 0.25) is 5.95 Å². The van der Waals surface area contributed by atoms with E-state index in [0.29, 0.717) is 43.6 Å². The summed E-state index contributed by atoms with van der Waals surface area (Å²) in [6.45, 7) is 5.69. The number of nitrogens with one attached hydrogen (secondary N) is 1. The molecule has 3 rings (SSSR count). The number of fused-ring (bicyclic) bond motifs is 1. The maximum atomic E-state index is 12.3. The van der Waals surface area contributed by atoms with E-state index in [1.54, 1.807) is 31.1 Å². The summed E-state index contributed by atoms with van der Waals surface area (Å²) in [6, 6.07) is 1.83. The number of carbonyl (C=O) groups excluding carboxylic acids is 1. The molecule has 1 saturated heterocycles. The van der Waals surface area contributed by atoms with E-state index in [0.717, 1.165) is 18.2 Å². The molecule has 1 aliphatic heterocycles. The number of aromatic nitrogens is 3. The number of piperidine rings is 1. The summed E-state index contributed by atoms with van der Waals surface area (Å²) in [5.74, 6) is 0.763. The van der Waals surface area contributed by atoms with Crippen molar-refractivity contribution in [1.29, 1.82) is 0 Å².